The number of thioether (sulfide) groups is 1. The molecule has 1 N–H and O–H groups in total. The summed E-state index contributed by atoms with van der Waals surface area (Å²) in [6.45, 7) is 5.94. The lowest BCUT2D eigenvalue weighted by Gasteiger charge is -2.15. The van der Waals surface area contributed by atoms with Crippen LogP contribution < -0.4 is 9.47 Å². The lowest BCUT2D eigenvalue weighted by molar-refractivity contribution is -0.137. The van der Waals surface area contributed by atoms with E-state index in [1.807, 2.05) is 18.2 Å². The number of hydrogen-bond donors (Lipinski definition) is 1. The van der Waals surface area contributed by atoms with Crippen LogP contribution in [0.3, 0.4) is 0 Å². The summed E-state index contributed by atoms with van der Waals surface area (Å²) in [5.74, 6) is 1.44. The Morgan fingerprint density at radius 2 is 1.91 bits per heavy atom. The number of aliphatic carboxylic acids is 1. The molecule has 1 atom stereocenters. The third kappa shape index (κ3) is 6.35. The van der Waals surface area contributed by atoms with Crippen molar-refractivity contribution in [1.29, 1.82) is 0 Å². The Morgan fingerprint density at radius 1 is 1.11 bits per heavy atom. The summed E-state index contributed by atoms with van der Waals surface area (Å²) in [4.78, 5) is 16.6. The molecule has 184 valence electrons. The molecule has 0 saturated heterocycles. The van der Waals surface area contributed by atoms with Gasteiger partial charge < -0.3 is 19.3 Å². The number of carboxylic acids is 1. The topological polar surface area (TPSA) is 77.9 Å². The summed E-state index contributed by atoms with van der Waals surface area (Å²) in [5, 5.41) is 9.10. The largest absolute Gasteiger partial charge is 0.493 e. The second-order valence-corrected chi connectivity index (χ2v) is 9.84. The van der Waals surface area contributed by atoms with E-state index in [9.17, 15) is 4.79 Å². The fraction of sp³-hybridized carbons (Fsp3) is 0.357. The van der Waals surface area contributed by atoms with E-state index in [4.69, 9.17) is 19.3 Å². The van der Waals surface area contributed by atoms with Gasteiger partial charge in [0, 0.05) is 49.0 Å². The van der Waals surface area contributed by atoms with Gasteiger partial charge in [0.25, 0.3) is 0 Å². The number of hydrogen-bond acceptors (Lipinski definition) is 6. The Labute approximate surface area is 210 Å². The number of ether oxygens (including phenoxy) is 3. The fourth-order valence-electron chi connectivity index (χ4n) is 4.43. The molecule has 0 unspecified atom stereocenters. The van der Waals surface area contributed by atoms with Gasteiger partial charge in [-0.15, -0.1) is 11.8 Å². The van der Waals surface area contributed by atoms with Crippen LogP contribution in [-0.2, 0) is 16.1 Å². The molecular formula is C28H31NO5S. The number of aryl methyl sites for hydroxylation is 2. The van der Waals surface area contributed by atoms with E-state index >= 15 is 0 Å². The van der Waals surface area contributed by atoms with Gasteiger partial charge in [-0.25, -0.2) is 4.98 Å². The van der Waals surface area contributed by atoms with Gasteiger partial charge in [0.1, 0.15) is 12.4 Å². The minimum atomic E-state index is -0.779. The number of aromatic nitrogens is 1. The monoisotopic (exact) mass is 493 g/mol. The summed E-state index contributed by atoms with van der Waals surface area (Å²) < 4.78 is 17.0. The molecule has 2 aromatic carbocycles. The summed E-state index contributed by atoms with van der Waals surface area (Å²) in [6.07, 6.45) is 2.76. The Hall–Kier alpha value is -3.03. The maximum absolute atomic E-state index is 11.1. The van der Waals surface area contributed by atoms with Crippen LogP contribution in [0.4, 0.5) is 0 Å². The van der Waals surface area contributed by atoms with Crippen molar-refractivity contribution in [3.05, 3.63) is 70.9 Å². The number of carbonyl (C=O) groups is 1. The van der Waals surface area contributed by atoms with Crippen molar-refractivity contribution in [1.82, 2.24) is 4.98 Å². The number of carboxylic acid groups (broad SMARTS) is 1. The predicted octanol–water partition coefficient (Wildman–Crippen LogP) is 6.02. The van der Waals surface area contributed by atoms with Gasteiger partial charge in [0.05, 0.1) is 13.0 Å². The van der Waals surface area contributed by atoms with Gasteiger partial charge in [-0.05, 0) is 65.4 Å². The summed E-state index contributed by atoms with van der Waals surface area (Å²) >= 11 is 1.67. The molecule has 7 heteroatoms. The van der Waals surface area contributed by atoms with Crippen LogP contribution in [-0.4, -0.2) is 42.1 Å². The van der Waals surface area contributed by atoms with Crippen LogP contribution in [0.1, 0.15) is 41.0 Å². The van der Waals surface area contributed by atoms with Crippen molar-refractivity contribution >= 4 is 17.7 Å². The number of nitrogens with zero attached hydrogens (tertiary/aromatic N) is 1. The molecular weight excluding hydrogens is 462 g/mol. The predicted molar refractivity (Wildman–Crippen MR) is 138 cm³/mol. The van der Waals surface area contributed by atoms with Crippen molar-refractivity contribution in [3.63, 3.8) is 0 Å². The van der Waals surface area contributed by atoms with Gasteiger partial charge >= 0.3 is 5.97 Å². The second kappa shape index (κ2) is 11.6. The highest BCUT2D eigenvalue weighted by Gasteiger charge is 2.26. The average Bonchev–Trinajstić information content (AvgIpc) is 3.22. The molecule has 1 aliphatic rings. The van der Waals surface area contributed by atoms with Crippen LogP contribution in [0, 0.1) is 13.8 Å². The molecule has 0 fully saturated rings. The van der Waals surface area contributed by atoms with E-state index in [2.05, 4.69) is 43.1 Å². The van der Waals surface area contributed by atoms with E-state index in [1.54, 1.807) is 25.1 Å². The van der Waals surface area contributed by atoms with Crippen LogP contribution in [0.2, 0.25) is 0 Å². The lowest BCUT2D eigenvalue weighted by atomic mass is 9.94. The van der Waals surface area contributed by atoms with E-state index in [0.717, 1.165) is 50.6 Å². The van der Waals surface area contributed by atoms with E-state index < -0.39 is 5.97 Å². The third-order valence-corrected chi connectivity index (χ3v) is 7.27. The molecule has 0 aliphatic carbocycles. The smallest absolute Gasteiger partial charge is 0.303 e. The number of pyridine rings is 1. The first-order chi connectivity index (χ1) is 16.9. The van der Waals surface area contributed by atoms with Crippen molar-refractivity contribution in [3.8, 4) is 22.8 Å². The van der Waals surface area contributed by atoms with Crippen LogP contribution in [0.5, 0.6) is 11.6 Å². The summed E-state index contributed by atoms with van der Waals surface area (Å²) in [6, 6.07) is 14.5. The molecule has 1 aromatic heterocycles. The van der Waals surface area contributed by atoms with Crippen molar-refractivity contribution in [2.24, 2.45) is 0 Å². The number of methoxy groups -OCH3 is 1. The van der Waals surface area contributed by atoms with E-state index in [0.29, 0.717) is 25.7 Å². The summed E-state index contributed by atoms with van der Waals surface area (Å²) in [7, 11) is 1.70. The minimum absolute atomic E-state index is 0.0133. The lowest BCUT2D eigenvalue weighted by Crippen LogP contribution is -2.06. The first kappa shape index (κ1) is 25.1. The molecule has 2 heterocycles. The average molecular weight is 494 g/mol. The normalized spacial score (nSPS) is 14.5. The van der Waals surface area contributed by atoms with Gasteiger partial charge in [0.2, 0.25) is 5.88 Å². The van der Waals surface area contributed by atoms with Crippen molar-refractivity contribution in [2.75, 3.05) is 26.1 Å². The molecule has 0 saturated carbocycles. The molecule has 0 radical (unpaired) electrons. The highest BCUT2D eigenvalue weighted by molar-refractivity contribution is 7.99. The quantitative estimate of drug-likeness (QED) is 0.327. The Bertz CT molecular complexity index is 1170. The molecule has 3 aromatic rings. The zero-order valence-electron chi connectivity index (χ0n) is 20.4. The van der Waals surface area contributed by atoms with E-state index in [1.165, 1.54) is 5.56 Å². The van der Waals surface area contributed by atoms with E-state index in [-0.39, 0.29) is 12.3 Å². The number of benzene rings is 2. The SMILES string of the molecule is COCCCOc1cc(C)c(-c2cccc(COc3cc4c(cn3)[C@H](CC(=O)O)CS4)c2)c(C)c1. The fourth-order valence-corrected chi connectivity index (χ4v) is 5.68. The summed E-state index contributed by atoms with van der Waals surface area (Å²) in [5.41, 5.74) is 6.73. The van der Waals surface area contributed by atoms with Gasteiger partial charge in [-0.3, -0.25) is 4.79 Å². The van der Waals surface area contributed by atoms with Crippen molar-refractivity contribution in [2.45, 2.75) is 44.1 Å². The third-order valence-electron chi connectivity index (χ3n) is 6.04. The standard InChI is InChI=1S/C28H31NO5S/c1-18-10-23(33-9-5-8-32-3)11-19(2)28(18)21-7-4-6-20(12-21)16-34-26-14-25-24(15-29-26)22(17-35-25)13-27(30)31/h4,6-7,10-12,14-15,22H,5,8-9,13,16-17H2,1-3H3,(H,30,31)/t22-/m1/s1. The number of fused-ring (bicyclic) bond motifs is 1. The molecule has 0 bridgehead atoms. The Balaban J connectivity index is 1.43. The highest BCUT2D eigenvalue weighted by atomic mass is 32.2. The Kier molecular flexibility index (Phi) is 8.31. The molecule has 6 nitrogen and oxygen atoms in total. The molecule has 0 spiro atoms. The molecule has 1 aliphatic heterocycles. The maximum atomic E-state index is 11.1. The Morgan fingerprint density at radius 3 is 2.66 bits per heavy atom. The highest BCUT2D eigenvalue weighted by Crippen LogP contribution is 2.42. The van der Waals surface area contributed by atoms with Gasteiger partial charge in [-0.2, -0.15) is 0 Å². The van der Waals surface area contributed by atoms with Gasteiger partial charge in [-0.1, -0.05) is 18.2 Å². The molecule has 4 rings (SSSR count). The van der Waals surface area contributed by atoms with Crippen LogP contribution >= 0.6 is 11.8 Å². The minimum Gasteiger partial charge on any atom is -0.493 e. The van der Waals surface area contributed by atoms with Crippen molar-refractivity contribution < 1.29 is 24.1 Å². The number of rotatable bonds is 11. The zero-order valence-corrected chi connectivity index (χ0v) is 21.2. The van der Waals surface area contributed by atoms with Gasteiger partial charge in [0.15, 0.2) is 0 Å². The van der Waals surface area contributed by atoms with Crippen LogP contribution in [0.25, 0.3) is 11.1 Å². The zero-order chi connectivity index (χ0) is 24.8. The first-order valence-corrected chi connectivity index (χ1v) is 12.7. The second-order valence-electron chi connectivity index (χ2n) is 8.78. The molecule has 0 amide bonds. The maximum Gasteiger partial charge on any atom is 0.303 e. The molecule has 35 heavy (non-hydrogen) atoms. The van der Waals surface area contributed by atoms with Crippen LogP contribution in [0.15, 0.2) is 53.6 Å². The first-order valence-electron chi connectivity index (χ1n) is 11.7.